The molecule has 1 aliphatic heterocycles. The van der Waals surface area contributed by atoms with Gasteiger partial charge < -0.3 is 4.90 Å². The smallest absolute Gasteiger partial charge is 0.121 e. The average molecular weight is 373 g/mol. The van der Waals surface area contributed by atoms with Gasteiger partial charge in [0, 0.05) is 25.2 Å². The second-order valence-corrected chi connectivity index (χ2v) is 7.52. The van der Waals surface area contributed by atoms with E-state index in [1.807, 2.05) is 0 Å². The summed E-state index contributed by atoms with van der Waals surface area (Å²) in [6.07, 6.45) is 0.926. The fraction of sp³-hybridized carbons (Fsp3) is 0.280. The fourth-order valence-electron chi connectivity index (χ4n) is 3.90. The number of anilines is 1. The monoisotopic (exact) mass is 373 g/mol. The minimum Gasteiger partial charge on any atom is -0.363 e. The quantitative estimate of drug-likeness (QED) is 0.502. The highest BCUT2D eigenvalue weighted by Crippen LogP contribution is 2.35. The zero-order valence-electron chi connectivity index (χ0n) is 16.6. The van der Waals surface area contributed by atoms with Crippen LogP contribution >= 0.6 is 0 Å². The van der Waals surface area contributed by atoms with Crippen LogP contribution in [0.25, 0.3) is 0 Å². The molecule has 28 heavy (non-hydrogen) atoms. The first-order valence-electron chi connectivity index (χ1n) is 9.93. The van der Waals surface area contributed by atoms with E-state index in [4.69, 9.17) is 9.78 Å². The van der Waals surface area contributed by atoms with Gasteiger partial charge in [0.05, 0.1) is 6.61 Å². The molecule has 0 spiro atoms. The first-order chi connectivity index (χ1) is 13.7. The summed E-state index contributed by atoms with van der Waals surface area (Å²) in [5.74, 6) is 0. The van der Waals surface area contributed by atoms with E-state index in [2.05, 4.69) is 91.5 Å². The summed E-state index contributed by atoms with van der Waals surface area (Å²) in [4.78, 5) is 13.2. The summed E-state index contributed by atoms with van der Waals surface area (Å²) in [5, 5.41) is 0. The molecule has 1 unspecified atom stereocenters. The molecule has 1 aliphatic rings. The molecular weight excluding hydrogens is 346 g/mol. The Morgan fingerprint density at radius 1 is 0.857 bits per heavy atom. The number of rotatable bonds is 6. The highest BCUT2D eigenvalue weighted by Gasteiger charge is 2.24. The molecule has 0 aliphatic carbocycles. The maximum absolute atomic E-state index is 5.53. The topological polar surface area (TPSA) is 21.7 Å². The van der Waals surface area contributed by atoms with Gasteiger partial charge in [-0.25, -0.2) is 9.78 Å². The Hall–Kier alpha value is -2.62. The molecule has 0 amide bonds. The van der Waals surface area contributed by atoms with Crippen molar-refractivity contribution in [2.45, 2.75) is 39.5 Å². The minimum atomic E-state index is 0.0222. The molecule has 3 nitrogen and oxygen atoms in total. The van der Waals surface area contributed by atoms with Gasteiger partial charge in [-0.05, 0) is 47.7 Å². The number of nitrogens with zero attached hydrogens (tertiary/aromatic N) is 1. The van der Waals surface area contributed by atoms with Crippen LogP contribution in [-0.4, -0.2) is 6.61 Å². The van der Waals surface area contributed by atoms with Crippen molar-refractivity contribution in [2.24, 2.45) is 0 Å². The van der Waals surface area contributed by atoms with E-state index in [0.29, 0.717) is 6.61 Å². The first kappa shape index (κ1) is 18.7. The predicted molar refractivity (Wildman–Crippen MR) is 113 cm³/mol. The standard InChI is InChI=1S/C25H27NO2/c1-19-15-23(25-13-14-27-28-25)20(2)24(16-19)26(17-21-9-5-3-6-10-21)18-22-11-7-4-8-12-22/h3-12,15-16,25H,13-14,17-18H2,1-2H3. The van der Waals surface area contributed by atoms with Gasteiger partial charge in [-0.15, -0.1) is 0 Å². The van der Waals surface area contributed by atoms with Crippen molar-refractivity contribution in [3.63, 3.8) is 0 Å². The molecule has 1 atom stereocenters. The van der Waals surface area contributed by atoms with Gasteiger partial charge in [0.1, 0.15) is 6.10 Å². The second-order valence-electron chi connectivity index (χ2n) is 7.52. The van der Waals surface area contributed by atoms with E-state index in [9.17, 15) is 0 Å². The van der Waals surface area contributed by atoms with Crippen LogP contribution in [0.4, 0.5) is 5.69 Å². The summed E-state index contributed by atoms with van der Waals surface area (Å²) in [7, 11) is 0. The molecule has 0 bridgehead atoms. The average Bonchev–Trinajstić information content (AvgIpc) is 3.25. The molecular formula is C25H27NO2. The lowest BCUT2D eigenvalue weighted by Gasteiger charge is -2.29. The molecule has 3 heteroatoms. The Morgan fingerprint density at radius 2 is 1.46 bits per heavy atom. The zero-order valence-corrected chi connectivity index (χ0v) is 16.6. The van der Waals surface area contributed by atoms with Crippen LogP contribution in [0.3, 0.4) is 0 Å². The van der Waals surface area contributed by atoms with Crippen LogP contribution in [0, 0.1) is 13.8 Å². The summed E-state index contributed by atoms with van der Waals surface area (Å²) in [5.41, 5.74) is 7.63. The number of benzene rings is 3. The lowest BCUT2D eigenvalue weighted by Crippen LogP contribution is -2.23. The van der Waals surface area contributed by atoms with Crippen LogP contribution in [0.15, 0.2) is 72.8 Å². The number of hydrogen-bond acceptors (Lipinski definition) is 3. The largest absolute Gasteiger partial charge is 0.363 e. The zero-order chi connectivity index (χ0) is 19.3. The summed E-state index contributed by atoms with van der Waals surface area (Å²) >= 11 is 0. The van der Waals surface area contributed by atoms with Gasteiger partial charge in [-0.1, -0.05) is 66.7 Å². The maximum atomic E-state index is 5.53. The van der Waals surface area contributed by atoms with Gasteiger partial charge in [0.2, 0.25) is 0 Å². The van der Waals surface area contributed by atoms with Crippen LogP contribution in [0.5, 0.6) is 0 Å². The van der Waals surface area contributed by atoms with Crippen molar-refractivity contribution >= 4 is 5.69 Å². The van der Waals surface area contributed by atoms with Crippen molar-refractivity contribution in [1.29, 1.82) is 0 Å². The van der Waals surface area contributed by atoms with E-state index < -0.39 is 0 Å². The molecule has 1 saturated heterocycles. The molecule has 0 aromatic heterocycles. The summed E-state index contributed by atoms with van der Waals surface area (Å²) < 4.78 is 0. The summed E-state index contributed by atoms with van der Waals surface area (Å²) in [6, 6.07) is 25.9. The molecule has 3 aromatic rings. The van der Waals surface area contributed by atoms with Gasteiger partial charge >= 0.3 is 0 Å². The Morgan fingerprint density at radius 3 is 2.00 bits per heavy atom. The van der Waals surface area contributed by atoms with Crippen LogP contribution in [-0.2, 0) is 22.9 Å². The maximum Gasteiger partial charge on any atom is 0.121 e. The van der Waals surface area contributed by atoms with Gasteiger partial charge in [-0.3, -0.25) is 0 Å². The molecule has 0 saturated carbocycles. The van der Waals surface area contributed by atoms with E-state index in [0.717, 1.165) is 19.5 Å². The fourth-order valence-corrected chi connectivity index (χ4v) is 3.90. The molecule has 0 N–H and O–H groups in total. The van der Waals surface area contributed by atoms with Gasteiger partial charge in [0.15, 0.2) is 0 Å². The van der Waals surface area contributed by atoms with Crippen molar-refractivity contribution in [2.75, 3.05) is 11.5 Å². The normalized spacial score (nSPS) is 16.3. The second kappa shape index (κ2) is 8.59. The Bertz CT molecular complexity index is 861. The summed E-state index contributed by atoms with van der Waals surface area (Å²) in [6.45, 7) is 6.74. The minimum absolute atomic E-state index is 0.0222. The molecule has 144 valence electrons. The van der Waals surface area contributed by atoms with Crippen molar-refractivity contribution < 1.29 is 9.78 Å². The van der Waals surface area contributed by atoms with E-state index in [1.165, 1.54) is 33.5 Å². The van der Waals surface area contributed by atoms with Crippen LogP contribution in [0.1, 0.15) is 40.3 Å². The van der Waals surface area contributed by atoms with Crippen molar-refractivity contribution in [3.8, 4) is 0 Å². The Kier molecular flexibility index (Phi) is 5.75. The molecule has 0 radical (unpaired) electrons. The number of aryl methyl sites for hydroxylation is 1. The first-order valence-corrected chi connectivity index (χ1v) is 9.93. The molecule has 4 rings (SSSR count). The Labute approximate surface area is 167 Å². The van der Waals surface area contributed by atoms with Crippen LogP contribution < -0.4 is 4.90 Å². The highest BCUT2D eigenvalue weighted by atomic mass is 17.2. The molecule has 1 fully saturated rings. The SMILES string of the molecule is Cc1cc(C2CCOO2)c(C)c(N(Cc2ccccc2)Cc2ccccc2)c1. The molecule has 1 heterocycles. The van der Waals surface area contributed by atoms with E-state index in [1.54, 1.807) is 0 Å². The lowest BCUT2D eigenvalue weighted by atomic mass is 9.96. The lowest BCUT2D eigenvalue weighted by molar-refractivity contribution is -0.276. The van der Waals surface area contributed by atoms with Crippen LogP contribution in [0.2, 0.25) is 0 Å². The third kappa shape index (κ3) is 4.27. The molecule has 3 aromatic carbocycles. The highest BCUT2D eigenvalue weighted by molar-refractivity contribution is 5.59. The van der Waals surface area contributed by atoms with Crippen molar-refractivity contribution in [3.05, 3.63) is 101 Å². The van der Waals surface area contributed by atoms with E-state index in [-0.39, 0.29) is 6.10 Å². The van der Waals surface area contributed by atoms with Gasteiger partial charge in [0.25, 0.3) is 0 Å². The predicted octanol–water partition coefficient (Wildman–Crippen LogP) is 5.90. The van der Waals surface area contributed by atoms with E-state index >= 15 is 0 Å². The Balaban J connectivity index is 1.72. The van der Waals surface area contributed by atoms with Crippen molar-refractivity contribution in [1.82, 2.24) is 0 Å². The van der Waals surface area contributed by atoms with Gasteiger partial charge in [-0.2, -0.15) is 0 Å². The third-order valence-electron chi connectivity index (χ3n) is 5.33. The third-order valence-corrected chi connectivity index (χ3v) is 5.33. The number of hydrogen-bond donors (Lipinski definition) is 0.